The molecule has 1 aromatic carbocycles. The van der Waals surface area contributed by atoms with Crippen LogP contribution in [0.4, 0.5) is 0 Å². The van der Waals surface area contributed by atoms with Crippen molar-refractivity contribution in [3.8, 4) is 11.8 Å². The SMILES string of the molecule is COc1cccc2c1C=C(C(=O)NC(CC1CC1)C(=O)CC(CC1CCCNC1=O)C(O)C#N)C2. The molecule has 35 heavy (non-hydrogen) atoms. The molecule has 1 heterocycles. The summed E-state index contributed by atoms with van der Waals surface area (Å²) in [6.45, 7) is 0.626. The van der Waals surface area contributed by atoms with Gasteiger partial charge in [-0.1, -0.05) is 25.0 Å². The molecule has 186 valence electrons. The number of aliphatic hydroxyl groups is 1. The van der Waals surface area contributed by atoms with Crippen molar-refractivity contribution in [3.63, 3.8) is 0 Å². The summed E-state index contributed by atoms with van der Waals surface area (Å²) in [5.74, 6) is -0.457. The van der Waals surface area contributed by atoms with E-state index >= 15 is 0 Å². The highest BCUT2D eigenvalue weighted by molar-refractivity contribution is 6.03. The average Bonchev–Trinajstić information content (AvgIpc) is 3.57. The summed E-state index contributed by atoms with van der Waals surface area (Å²) in [7, 11) is 1.59. The van der Waals surface area contributed by atoms with Gasteiger partial charge in [-0.15, -0.1) is 0 Å². The highest BCUT2D eigenvalue weighted by Gasteiger charge is 2.35. The molecule has 2 aliphatic carbocycles. The van der Waals surface area contributed by atoms with Gasteiger partial charge >= 0.3 is 0 Å². The largest absolute Gasteiger partial charge is 0.496 e. The molecule has 0 aromatic heterocycles. The Morgan fingerprint density at radius 1 is 1.29 bits per heavy atom. The molecule has 1 saturated carbocycles. The van der Waals surface area contributed by atoms with Crippen LogP contribution in [0.2, 0.25) is 0 Å². The molecule has 4 atom stereocenters. The smallest absolute Gasteiger partial charge is 0.248 e. The number of rotatable bonds is 11. The number of piperidine rings is 1. The second-order valence-electron chi connectivity index (χ2n) is 9.95. The van der Waals surface area contributed by atoms with Crippen molar-refractivity contribution in [2.24, 2.45) is 17.8 Å². The number of hydrogen-bond donors (Lipinski definition) is 3. The van der Waals surface area contributed by atoms with Crippen molar-refractivity contribution >= 4 is 23.7 Å². The average molecular weight is 480 g/mol. The summed E-state index contributed by atoms with van der Waals surface area (Å²) in [4.78, 5) is 38.7. The van der Waals surface area contributed by atoms with Crippen molar-refractivity contribution in [3.05, 3.63) is 34.9 Å². The van der Waals surface area contributed by atoms with Gasteiger partial charge in [0, 0.05) is 42.4 Å². The zero-order chi connectivity index (χ0) is 24.9. The second-order valence-corrected chi connectivity index (χ2v) is 9.95. The van der Waals surface area contributed by atoms with Gasteiger partial charge in [0.15, 0.2) is 5.78 Å². The first-order valence-corrected chi connectivity index (χ1v) is 12.4. The van der Waals surface area contributed by atoms with Crippen molar-refractivity contribution in [2.45, 2.75) is 63.5 Å². The van der Waals surface area contributed by atoms with Crippen LogP contribution in [0.15, 0.2) is 23.8 Å². The highest BCUT2D eigenvalue weighted by atomic mass is 16.5. The summed E-state index contributed by atoms with van der Waals surface area (Å²) in [5.41, 5.74) is 2.46. The van der Waals surface area contributed by atoms with Crippen LogP contribution in [0.1, 0.15) is 56.1 Å². The van der Waals surface area contributed by atoms with E-state index in [1.54, 1.807) is 7.11 Å². The van der Waals surface area contributed by atoms with Crippen LogP contribution in [0, 0.1) is 29.1 Å². The molecular formula is C27H33N3O5. The molecule has 8 heteroatoms. The van der Waals surface area contributed by atoms with Crippen LogP contribution < -0.4 is 15.4 Å². The molecule has 2 fully saturated rings. The number of fused-ring (bicyclic) bond motifs is 1. The summed E-state index contributed by atoms with van der Waals surface area (Å²) >= 11 is 0. The van der Waals surface area contributed by atoms with E-state index in [1.165, 1.54) is 0 Å². The number of amides is 2. The van der Waals surface area contributed by atoms with E-state index in [9.17, 15) is 24.8 Å². The van der Waals surface area contributed by atoms with E-state index in [1.807, 2.05) is 30.3 Å². The summed E-state index contributed by atoms with van der Waals surface area (Å²) < 4.78 is 5.40. The van der Waals surface area contributed by atoms with E-state index in [-0.39, 0.29) is 36.4 Å². The van der Waals surface area contributed by atoms with Crippen LogP contribution in [-0.2, 0) is 20.8 Å². The van der Waals surface area contributed by atoms with E-state index in [0.717, 1.165) is 30.4 Å². The van der Waals surface area contributed by atoms with Gasteiger partial charge in [0.1, 0.15) is 11.9 Å². The number of methoxy groups -OCH3 is 1. The number of aliphatic hydroxyl groups excluding tert-OH is 1. The maximum absolute atomic E-state index is 13.4. The Morgan fingerprint density at radius 3 is 2.77 bits per heavy atom. The first-order chi connectivity index (χ1) is 16.9. The van der Waals surface area contributed by atoms with Gasteiger partial charge in [0.25, 0.3) is 0 Å². The lowest BCUT2D eigenvalue weighted by Gasteiger charge is -2.28. The van der Waals surface area contributed by atoms with Gasteiger partial charge in [-0.2, -0.15) is 5.26 Å². The fraction of sp³-hybridized carbons (Fsp3) is 0.556. The van der Waals surface area contributed by atoms with Crippen molar-refractivity contribution < 1.29 is 24.2 Å². The number of nitriles is 1. The van der Waals surface area contributed by atoms with Crippen LogP contribution in [-0.4, -0.2) is 48.5 Å². The van der Waals surface area contributed by atoms with Gasteiger partial charge < -0.3 is 20.5 Å². The van der Waals surface area contributed by atoms with E-state index < -0.39 is 18.1 Å². The minimum Gasteiger partial charge on any atom is -0.496 e. The Labute approximate surface area is 205 Å². The van der Waals surface area contributed by atoms with Gasteiger partial charge in [-0.25, -0.2) is 0 Å². The lowest BCUT2D eigenvalue weighted by atomic mass is 9.82. The summed E-state index contributed by atoms with van der Waals surface area (Å²) in [5, 5.41) is 25.4. The number of Topliss-reactive ketones (excluding diaryl/α,β-unsaturated/α-hetero) is 1. The minimum atomic E-state index is -1.34. The molecule has 3 aliphatic rings. The second kappa shape index (κ2) is 11.0. The Balaban J connectivity index is 1.44. The molecule has 1 aliphatic heterocycles. The Bertz CT molecular complexity index is 1060. The summed E-state index contributed by atoms with van der Waals surface area (Å²) in [6.07, 6.45) is 5.27. The normalized spacial score (nSPS) is 21.6. The maximum atomic E-state index is 13.4. The molecule has 0 bridgehead atoms. The van der Waals surface area contributed by atoms with E-state index in [2.05, 4.69) is 10.6 Å². The number of benzene rings is 1. The third-order valence-corrected chi connectivity index (χ3v) is 7.36. The van der Waals surface area contributed by atoms with Crippen molar-refractivity contribution in [1.82, 2.24) is 10.6 Å². The minimum absolute atomic E-state index is 0.0523. The number of carbonyl (C=O) groups excluding carboxylic acids is 3. The van der Waals surface area contributed by atoms with Gasteiger partial charge in [0.2, 0.25) is 11.8 Å². The Morgan fingerprint density at radius 2 is 2.09 bits per heavy atom. The number of hydrogen-bond acceptors (Lipinski definition) is 6. The third kappa shape index (κ3) is 6.09. The molecule has 4 unspecified atom stereocenters. The first-order valence-electron chi connectivity index (χ1n) is 12.4. The highest BCUT2D eigenvalue weighted by Crippen LogP contribution is 2.36. The summed E-state index contributed by atoms with van der Waals surface area (Å²) in [6, 6.07) is 6.84. The Kier molecular flexibility index (Phi) is 7.86. The molecule has 8 nitrogen and oxygen atoms in total. The number of nitrogens with one attached hydrogen (secondary N) is 2. The number of ether oxygens (including phenoxy) is 1. The van der Waals surface area contributed by atoms with E-state index in [4.69, 9.17) is 4.74 Å². The van der Waals surface area contributed by atoms with Crippen LogP contribution in [0.3, 0.4) is 0 Å². The van der Waals surface area contributed by atoms with Gasteiger partial charge in [0.05, 0.1) is 19.2 Å². The van der Waals surface area contributed by atoms with Crippen LogP contribution >= 0.6 is 0 Å². The molecule has 3 N–H and O–H groups in total. The fourth-order valence-electron chi connectivity index (χ4n) is 5.13. The molecule has 4 rings (SSSR count). The predicted octanol–water partition coefficient (Wildman–Crippen LogP) is 2.30. The lowest BCUT2D eigenvalue weighted by Crippen LogP contribution is -2.44. The van der Waals surface area contributed by atoms with Crippen LogP contribution in [0.5, 0.6) is 5.75 Å². The molecule has 2 amide bonds. The topological polar surface area (TPSA) is 129 Å². The lowest BCUT2D eigenvalue weighted by molar-refractivity contribution is -0.129. The quantitative estimate of drug-likeness (QED) is 0.418. The maximum Gasteiger partial charge on any atom is 0.248 e. The zero-order valence-corrected chi connectivity index (χ0v) is 20.1. The van der Waals surface area contributed by atoms with Crippen LogP contribution in [0.25, 0.3) is 6.08 Å². The molecule has 0 spiro atoms. The molecule has 1 saturated heterocycles. The van der Waals surface area contributed by atoms with Crippen molar-refractivity contribution in [1.29, 1.82) is 5.26 Å². The van der Waals surface area contributed by atoms with E-state index in [0.29, 0.717) is 43.0 Å². The predicted molar refractivity (Wildman–Crippen MR) is 129 cm³/mol. The Hall–Kier alpha value is -3.18. The number of carbonyl (C=O) groups is 3. The molecule has 1 aromatic rings. The van der Waals surface area contributed by atoms with Crippen molar-refractivity contribution in [2.75, 3.05) is 13.7 Å². The third-order valence-electron chi connectivity index (χ3n) is 7.36. The number of ketones is 1. The molecular weight excluding hydrogens is 446 g/mol. The van der Waals surface area contributed by atoms with Gasteiger partial charge in [-0.05, 0) is 49.3 Å². The van der Waals surface area contributed by atoms with Gasteiger partial charge in [-0.3, -0.25) is 14.4 Å². The number of nitrogens with zero attached hydrogens (tertiary/aromatic N) is 1. The standard InChI is InChI=1S/C27H33N3O5/c1-35-25-6-2-4-17-11-20(13-21(17)25)27(34)30-22(10-16-7-8-16)23(31)14-19(24(32)15-28)12-18-5-3-9-29-26(18)33/h2,4,6,13,16,18-19,22,24,32H,3,5,7-12,14H2,1H3,(H,29,33)(H,30,34). The zero-order valence-electron chi connectivity index (χ0n) is 20.1. The fourth-order valence-corrected chi connectivity index (χ4v) is 5.13. The monoisotopic (exact) mass is 479 g/mol. The molecule has 0 radical (unpaired) electrons. The first kappa shape index (κ1) is 24.9.